The molecule has 2 aromatic rings. The summed E-state index contributed by atoms with van der Waals surface area (Å²) in [5.41, 5.74) is 0.382. The van der Waals surface area contributed by atoms with Gasteiger partial charge in [0.25, 0.3) is 0 Å². The summed E-state index contributed by atoms with van der Waals surface area (Å²) in [6.45, 7) is 8.21. The fourth-order valence-electron chi connectivity index (χ4n) is 2.05. The van der Waals surface area contributed by atoms with Gasteiger partial charge in [-0.05, 0) is 56.0 Å². The van der Waals surface area contributed by atoms with Gasteiger partial charge in [-0.3, -0.25) is 0 Å². The fourth-order valence-corrected chi connectivity index (χ4v) is 2.74. The van der Waals surface area contributed by atoms with Crippen molar-refractivity contribution in [2.75, 3.05) is 0 Å². The Labute approximate surface area is 113 Å². The van der Waals surface area contributed by atoms with E-state index in [0.29, 0.717) is 5.36 Å². The number of hydrogen-bond donors (Lipinski definition) is 0. The topological polar surface area (TPSA) is 18.5 Å². The molecule has 0 N–H and O–H groups in total. The minimum Gasteiger partial charge on any atom is -0.399 e. The molecule has 0 aliphatic carbocycles. The molecule has 3 rings (SSSR count). The van der Waals surface area contributed by atoms with Crippen molar-refractivity contribution in [3.63, 3.8) is 0 Å². The van der Waals surface area contributed by atoms with Gasteiger partial charge in [-0.25, -0.2) is 0 Å². The van der Waals surface area contributed by atoms with Crippen molar-refractivity contribution in [2.24, 2.45) is 0 Å². The van der Waals surface area contributed by atoms with Crippen LogP contribution in [0, 0.1) is 0 Å². The Morgan fingerprint density at radius 3 is 2.44 bits per heavy atom. The maximum absolute atomic E-state index is 7.69. The summed E-state index contributed by atoms with van der Waals surface area (Å²) in [4.78, 5) is 0. The molecule has 0 radical (unpaired) electrons. The molecule has 0 saturated carbocycles. The number of benzene rings is 1. The molecule has 1 aromatic carbocycles. The van der Waals surface area contributed by atoms with E-state index in [4.69, 9.17) is 10.7 Å². The molecule has 0 unspecified atom stereocenters. The van der Waals surface area contributed by atoms with Crippen LogP contribution in [0.4, 0.5) is 0 Å². The lowest BCUT2D eigenvalue weighted by Crippen LogP contribution is -2.41. The van der Waals surface area contributed by atoms with E-state index in [1.165, 1.54) is 11.3 Å². The maximum atomic E-state index is 7.69. The van der Waals surface area contributed by atoms with Crippen LogP contribution in [0.3, 0.4) is 0 Å². The predicted octanol–water partition coefficient (Wildman–Crippen LogP) is 3.20. The SMILES string of the molecule is [2H]c1cc2cc(B3OC(C)(C)C(C)(C)O3)ccc2s1. The van der Waals surface area contributed by atoms with E-state index in [1.54, 1.807) is 0 Å². The second kappa shape index (κ2) is 3.83. The first-order valence-corrected chi connectivity index (χ1v) is 6.96. The van der Waals surface area contributed by atoms with Crippen LogP contribution in [-0.2, 0) is 9.31 Å². The summed E-state index contributed by atoms with van der Waals surface area (Å²) in [5.74, 6) is 0. The molecule has 2 heterocycles. The van der Waals surface area contributed by atoms with Gasteiger partial charge in [0.15, 0.2) is 0 Å². The molecule has 0 amide bonds. The van der Waals surface area contributed by atoms with Gasteiger partial charge in [-0.1, -0.05) is 12.1 Å². The van der Waals surface area contributed by atoms with E-state index >= 15 is 0 Å². The Morgan fingerprint density at radius 1 is 1.11 bits per heavy atom. The van der Waals surface area contributed by atoms with Crippen LogP contribution >= 0.6 is 11.3 Å². The summed E-state index contributed by atoms with van der Waals surface area (Å²) >= 11 is 1.49. The van der Waals surface area contributed by atoms with Gasteiger partial charge in [0, 0.05) is 4.70 Å². The number of thiophene rings is 1. The normalized spacial score (nSPS) is 22.4. The molecule has 2 nitrogen and oxygen atoms in total. The first-order valence-electron chi connectivity index (χ1n) is 6.64. The highest BCUT2D eigenvalue weighted by molar-refractivity contribution is 7.17. The summed E-state index contributed by atoms with van der Waals surface area (Å²) < 4.78 is 20.9. The third kappa shape index (κ3) is 1.80. The van der Waals surface area contributed by atoms with Crippen LogP contribution in [-0.4, -0.2) is 18.3 Å². The third-order valence-corrected chi connectivity index (χ3v) is 4.77. The number of hydrogen-bond acceptors (Lipinski definition) is 3. The zero-order valence-corrected chi connectivity index (χ0v) is 11.9. The second-order valence-corrected chi connectivity index (χ2v) is 6.63. The molecule has 1 fully saturated rings. The standard InChI is InChI=1S/C14H17BO2S/c1-13(2)14(3,4)17-15(16-13)11-5-6-12-10(9-11)7-8-18-12/h5-9H,1-4H3/i8D. The number of rotatable bonds is 1. The lowest BCUT2D eigenvalue weighted by molar-refractivity contribution is 0.00578. The molecular weight excluding hydrogens is 243 g/mol. The fraction of sp³-hybridized carbons (Fsp3) is 0.429. The van der Waals surface area contributed by atoms with Crippen LogP contribution in [0.1, 0.15) is 29.1 Å². The molecular formula is C14H17BO2S. The molecule has 0 spiro atoms. The van der Waals surface area contributed by atoms with E-state index in [9.17, 15) is 0 Å². The van der Waals surface area contributed by atoms with Gasteiger partial charge in [-0.15, -0.1) is 11.3 Å². The summed E-state index contributed by atoms with van der Waals surface area (Å²) in [6, 6.07) is 8.01. The van der Waals surface area contributed by atoms with Crippen molar-refractivity contribution in [3.05, 3.63) is 29.6 Å². The largest absolute Gasteiger partial charge is 0.494 e. The monoisotopic (exact) mass is 261 g/mol. The van der Waals surface area contributed by atoms with E-state index in [-0.39, 0.29) is 18.3 Å². The van der Waals surface area contributed by atoms with Crippen molar-refractivity contribution in [1.82, 2.24) is 0 Å². The molecule has 18 heavy (non-hydrogen) atoms. The molecule has 0 atom stereocenters. The molecule has 0 bridgehead atoms. The van der Waals surface area contributed by atoms with E-state index in [2.05, 4.69) is 33.8 Å². The van der Waals surface area contributed by atoms with Crippen molar-refractivity contribution in [1.29, 1.82) is 0 Å². The van der Waals surface area contributed by atoms with Crippen molar-refractivity contribution < 1.29 is 10.7 Å². The minimum absolute atomic E-state index is 0.318. The van der Waals surface area contributed by atoms with Crippen LogP contribution in [0.5, 0.6) is 0 Å². The Kier molecular flexibility index (Phi) is 2.35. The van der Waals surface area contributed by atoms with Crippen molar-refractivity contribution in [2.45, 2.75) is 38.9 Å². The van der Waals surface area contributed by atoms with Gasteiger partial charge in [0.2, 0.25) is 0 Å². The van der Waals surface area contributed by atoms with Gasteiger partial charge in [0.05, 0.1) is 12.6 Å². The minimum atomic E-state index is -0.330. The van der Waals surface area contributed by atoms with Crippen molar-refractivity contribution in [3.8, 4) is 0 Å². The number of fused-ring (bicyclic) bond motifs is 1. The van der Waals surface area contributed by atoms with Crippen LogP contribution in [0.2, 0.25) is 0 Å². The van der Waals surface area contributed by atoms with Crippen LogP contribution in [0.15, 0.2) is 29.6 Å². The van der Waals surface area contributed by atoms with Gasteiger partial charge < -0.3 is 9.31 Å². The Balaban J connectivity index is 1.97. The molecule has 4 heteroatoms. The summed E-state index contributed by atoms with van der Waals surface area (Å²) in [6.07, 6.45) is 0. The molecule has 1 aliphatic heterocycles. The van der Waals surface area contributed by atoms with Crippen LogP contribution in [0.25, 0.3) is 10.1 Å². The predicted molar refractivity (Wildman–Crippen MR) is 77.5 cm³/mol. The van der Waals surface area contributed by atoms with E-state index in [0.717, 1.165) is 15.5 Å². The second-order valence-electron chi connectivity index (χ2n) is 5.75. The third-order valence-electron chi connectivity index (χ3n) is 3.94. The molecule has 94 valence electrons. The maximum Gasteiger partial charge on any atom is 0.494 e. The first kappa shape index (κ1) is 11.0. The highest BCUT2D eigenvalue weighted by Crippen LogP contribution is 2.36. The summed E-state index contributed by atoms with van der Waals surface area (Å²) in [7, 11) is -0.330. The van der Waals surface area contributed by atoms with E-state index in [1.807, 2.05) is 18.2 Å². The molecule has 1 saturated heterocycles. The average molecular weight is 261 g/mol. The Morgan fingerprint density at radius 2 is 1.78 bits per heavy atom. The zero-order chi connectivity index (χ0) is 13.8. The Bertz CT molecular complexity index is 619. The quantitative estimate of drug-likeness (QED) is 0.734. The zero-order valence-electron chi connectivity index (χ0n) is 12.1. The molecule has 1 aromatic heterocycles. The summed E-state index contributed by atoms with van der Waals surface area (Å²) in [5, 5.41) is 1.67. The van der Waals surface area contributed by atoms with Crippen LogP contribution < -0.4 is 5.46 Å². The highest BCUT2D eigenvalue weighted by Gasteiger charge is 2.51. The molecule has 1 aliphatic rings. The average Bonchev–Trinajstić information content (AvgIpc) is 2.74. The van der Waals surface area contributed by atoms with Gasteiger partial charge in [0.1, 0.15) is 0 Å². The first-order chi connectivity index (χ1) is 8.78. The van der Waals surface area contributed by atoms with Gasteiger partial charge >= 0.3 is 7.12 Å². The van der Waals surface area contributed by atoms with Gasteiger partial charge in [-0.2, -0.15) is 0 Å². The Hall–Kier alpha value is -0.835. The lowest BCUT2D eigenvalue weighted by Gasteiger charge is -2.32. The smallest absolute Gasteiger partial charge is 0.399 e. The van der Waals surface area contributed by atoms with E-state index < -0.39 is 0 Å². The highest BCUT2D eigenvalue weighted by atomic mass is 32.1. The lowest BCUT2D eigenvalue weighted by atomic mass is 9.79. The van der Waals surface area contributed by atoms with Crippen molar-refractivity contribution >= 4 is 34.0 Å².